The second-order valence-corrected chi connectivity index (χ2v) is 10.1. The smallest absolute Gasteiger partial charge is 0.245 e. The molecule has 2 heterocycles. The van der Waals surface area contributed by atoms with E-state index in [2.05, 4.69) is 27.4 Å². The molecule has 3 aromatic rings. The van der Waals surface area contributed by atoms with Crippen LogP contribution in [0.2, 0.25) is 0 Å². The van der Waals surface area contributed by atoms with Gasteiger partial charge in [0.15, 0.2) is 0 Å². The fourth-order valence-electron chi connectivity index (χ4n) is 4.74. The molecule has 8 heteroatoms. The van der Waals surface area contributed by atoms with Gasteiger partial charge in [0.25, 0.3) is 0 Å². The van der Waals surface area contributed by atoms with Crippen molar-refractivity contribution in [3.05, 3.63) is 83.9 Å². The molecule has 1 saturated heterocycles. The van der Waals surface area contributed by atoms with Crippen LogP contribution in [0.5, 0.6) is 5.75 Å². The standard InChI is InChI=1S/C29H34N4O4/c1-36-25-12-9-21(10-13-25)15-26(32-27(34)14-11-24-16-30-20-31-24)28(35)33-18-29(19-33,37-17-22-7-8-22)23-5-3-2-4-6-23/h2-6,9-10,12-13,16,20,22,26H,7-8,11,14-15,17-19H2,1H3,(H,30,31)(H,32,34). The van der Waals surface area contributed by atoms with Gasteiger partial charge in [0.05, 0.1) is 33.1 Å². The average molecular weight is 503 g/mol. The molecule has 1 aliphatic heterocycles. The molecule has 2 aromatic carbocycles. The van der Waals surface area contributed by atoms with Gasteiger partial charge in [-0.05, 0) is 48.4 Å². The molecule has 1 saturated carbocycles. The Labute approximate surface area is 217 Å². The zero-order valence-corrected chi connectivity index (χ0v) is 21.2. The number of hydrogen-bond acceptors (Lipinski definition) is 5. The minimum absolute atomic E-state index is 0.0905. The summed E-state index contributed by atoms with van der Waals surface area (Å²) in [5.41, 5.74) is 2.44. The molecule has 1 aliphatic carbocycles. The van der Waals surface area contributed by atoms with Gasteiger partial charge in [-0.1, -0.05) is 42.5 Å². The summed E-state index contributed by atoms with van der Waals surface area (Å²) in [6, 6.07) is 17.1. The highest BCUT2D eigenvalue weighted by atomic mass is 16.5. The van der Waals surface area contributed by atoms with Crippen molar-refractivity contribution in [3.63, 3.8) is 0 Å². The first kappa shape index (κ1) is 25.0. The van der Waals surface area contributed by atoms with Crippen molar-refractivity contribution >= 4 is 11.8 Å². The topological polar surface area (TPSA) is 96.5 Å². The van der Waals surface area contributed by atoms with E-state index in [0.717, 1.165) is 29.2 Å². The van der Waals surface area contributed by atoms with Crippen molar-refractivity contribution in [1.29, 1.82) is 0 Å². The van der Waals surface area contributed by atoms with Crippen molar-refractivity contribution < 1.29 is 19.1 Å². The van der Waals surface area contributed by atoms with Crippen molar-refractivity contribution in [2.75, 3.05) is 26.8 Å². The van der Waals surface area contributed by atoms with Crippen LogP contribution in [-0.4, -0.2) is 59.5 Å². The number of hydrogen-bond donors (Lipinski definition) is 2. The first-order valence-corrected chi connectivity index (χ1v) is 12.9. The predicted molar refractivity (Wildman–Crippen MR) is 139 cm³/mol. The van der Waals surface area contributed by atoms with Crippen molar-refractivity contribution in [2.45, 2.75) is 43.7 Å². The van der Waals surface area contributed by atoms with Crippen molar-refractivity contribution in [3.8, 4) is 5.75 Å². The molecule has 194 valence electrons. The number of aryl methyl sites for hydroxylation is 1. The molecule has 5 rings (SSSR count). The Balaban J connectivity index is 1.28. The molecule has 0 radical (unpaired) electrons. The van der Waals surface area contributed by atoms with E-state index < -0.39 is 11.6 Å². The van der Waals surface area contributed by atoms with Gasteiger partial charge in [0, 0.05) is 24.7 Å². The van der Waals surface area contributed by atoms with Crippen LogP contribution < -0.4 is 10.1 Å². The lowest BCUT2D eigenvalue weighted by molar-refractivity contribution is -0.176. The van der Waals surface area contributed by atoms with E-state index in [1.165, 1.54) is 12.8 Å². The number of H-pyrrole nitrogens is 1. The number of aromatic amines is 1. The molecular weight excluding hydrogens is 468 g/mol. The number of carbonyl (C=O) groups is 2. The summed E-state index contributed by atoms with van der Waals surface area (Å²) in [5.74, 6) is 1.12. The Hall–Kier alpha value is -3.65. The summed E-state index contributed by atoms with van der Waals surface area (Å²) in [5, 5.41) is 3.00. The molecule has 0 bridgehead atoms. The summed E-state index contributed by atoms with van der Waals surface area (Å²) >= 11 is 0. The lowest BCUT2D eigenvalue weighted by Gasteiger charge is -2.51. The van der Waals surface area contributed by atoms with E-state index in [0.29, 0.717) is 31.8 Å². The normalized spacial score (nSPS) is 17.1. The zero-order valence-electron chi connectivity index (χ0n) is 21.2. The van der Waals surface area contributed by atoms with Crippen LogP contribution in [0.1, 0.15) is 36.1 Å². The summed E-state index contributed by atoms with van der Waals surface area (Å²) in [6.45, 7) is 1.67. The summed E-state index contributed by atoms with van der Waals surface area (Å²) < 4.78 is 11.7. The molecule has 8 nitrogen and oxygen atoms in total. The van der Waals surface area contributed by atoms with Gasteiger partial charge in [-0.3, -0.25) is 9.59 Å². The number of nitrogens with one attached hydrogen (secondary N) is 2. The quantitative estimate of drug-likeness (QED) is 0.396. The van der Waals surface area contributed by atoms with Crippen LogP contribution in [0.15, 0.2) is 67.1 Å². The van der Waals surface area contributed by atoms with Crippen LogP contribution in [0, 0.1) is 5.92 Å². The maximum absolute atomic E-state index is 13.7. The number of carbonyl (C=O) groups excluding carboxylic acids is 2. The van der Waals surface area contributed by atoms with E-state index >= 15 is 0 Å². The lowest BCUT2D eigenvalue weighted by atomic mass is 9.84. The highest BCUT2D eigenvalue weighted by Crippen LogP contribution is 2.39. The maximum atomic E-state index is 13.7. The summed E-state index contributed by atoms with van der Waals surface area (Å²) in [7, 11) is 1.62. The number of ether oxygens (including phenoxy) is 2. The van der Waals surface area contributed by atoms with Gasteiger partial charge < -0.3 is 24.7 Å². The number of likely N-dealkylation sites (tertiary alicyclic amines) is 1. The van der Waals surface area contributed by atoms with E-state index in [9.17, 15) is 9.59 Å². The van der Waals surface area contributed by atoms with Gasteiger partial charge in [-0.15, -0.1) is 0 Å². The van der Waals surface area contributed by atoms with E-state index in [4.69, 9.17) is 9.47 Å². The monoisotopic (exact) mass is 502 g/mol. The Morgan fingerprint density at radius 1 is 1.14 bits per heavy atom. The molecule has 37 heavy (non-hydrogen) atoms. The number of rotatable bonds is 12. The van der Waals surface area contributed by atoms with Crippen LogP contribution in [0.3, 0.4) is 0 Å². The third kappa shape index (κ3) is 6.20. The van der Waals surface area contributed by atoms with Gasteiger partial charge in [-0.2, -0.15) is 0 Å². The maximum Gasteiger partial charge on any atom is 0.245 e. The van der Waals surface area contributed by atoms with Crippen LogP contribution in [0.25, 0.3) is 0 Å². The first-order chi connectivity index (χ1) is 18.0. The largest absolute Gasteiger partial charge is 0.497 e. The van der Waals surface area contributed by atoms with E-state index in [-0.39, 0.29) is 18.2 Å². The van der Waals surface area contributed by atoms with Crippen LogP contribution >= 0.6 is 0 Å². The van der Waals surface area contributed by atoms with Crippen molar-refractivity contribution in [1.82, 2.24) is 20.2 Å². The second-order valence-electron chi connectivity index (χ2n) is 10.1. The van der Waals surface area contributed by atoms with Gasteiger partial charge in [0.2, 0.25) is 11.8 Å². The number of amides is 2. The molecule has 0 spiro atoms. The molecule has 2 fully saturated rings. The number of aromatic nitrogens is 2. The summed E-state index contributed by atoms with van der Waals surface area (Å²) in [6.07, 6.45) is 6.92. The number of imidazole rings is 1. The summed E-state index contributed by atoms with van der Waals surface area (Å²) in [4.78, 5) is 35.4. The molecule has 2 N–H and O–H groups in total. The molecule has 2 amide bonds. The minimum Gasteiger partial charge on any atom is -0.497 e. The Bertz CT molecular complexity index is 1170. The van der Waals surface area contributed by atoms with E-state index in [1.807, 2.05) is 47.4 Å². The van der Waals surface area contributed by atoms with Gasteiger partial charge in [-0.25, -0.2) is 4.98 Å². The average Bonchev–Trinajstić information content (AvgIpc) is 3.59. The molecule has 1 unspecified atom stereocenters. The zero-order chi connectivity index (χ0) is 25.7. The predicted octanol–water partition coefficient (Wildman–Crippen LogP) is 3.24. The number of benzene rings is 2. The molecule has 1 atom stereocenters. The van der Waals surface area contributed by atoms with Gasteiger partial charge >= 0.3 is 0 Å². The minimum atomic E-state index is -0.667. The molecule has 1 aromatic heterocycles. The van der Waals surface area contributed by atoms with Crippen LogP contribution in [-0.2, 0) is 32.8 Å². The lowest BCUT2D eigenvalue weighted by Crippen LogP contribution is -2.66. The van der Waals surface area contributed by atoms with Crippen LogP contribution in [0.4, 0.5) is 0 Å². The highest BCUT2D eigenvalue weighted by Gasteiger charge is 2.49. The SMILES string of the molecule is COc1ccc(CC(NC(=O)CCc2cnc[nH]2)C(=O)N2CC(OCC3CC3)(c3ccccc3)C2)cc1. The van der Waals surface area contributed by atoms with E-state index in [1.54, 1.807) is 19.6 Å². The molecule has 2 aliphatic rings. The van der Waals surface area contributed by atoms with Crippen molar-refractivity contribution in [2.24, 2.45) is 5.92 Å². The Morgan fingerprint density at radius 2 is 1.89 bits per heavy atom. The number of methoxy groups -OCH3 is 1. The molecular formula is C29H34N4O4. The Morgan fingerprint density at radius 3 is 2.54 bits per heavy atom. The Kier molecular flexibility index (Phi) is 7.55. The second kappa shape index (κ2) is 11.2. The third-order valence-corrected chi connectivity index (χ3v) is 7.20. The third-order valence-electron chi connectivity index (χ3n) is 7.20. The first-order valence-electron chi connectivity index (χ1n) is 12.9. The highest BCUT2D eigenvalue weighted by molar-refractivity contribution is 5.88. The fraction of sp³-hybridized carbons (Fsp3) is 0.414. The fourth-order valence-corrected chi connectivity index (χ4v) is 4.74. The number of nitrogens with zero attached hydrogens (tertiary/aromatic N) is 2. The van der Waals surface area contributed by atoms with Gasteiger partial charge in [0.1, 0.15) is 17.4 Å².